The van der Waals surface area contributed by atoms with Crippen molar-refractivity contribution in [2.45, 2.75) is 58.9 Å². The van der Waals surface area contributed by atoms with Crippen LogP contribution in [0.3, 0.4) is 0 Å². The van der Waals surface area contributed by atoms with Gasteiger partial charge in [-0.3, -0.25) is 24.1 Å². The van der Waals surface area contributed by atoms with Crippen LogP contribution in [0.15, 0.2) is 0 Å². The number of amides is 4. The fourth-order valence-electron chi connectivity index (χ4n) is 2.63. The van der Waals surface area contributed by atoms with Crippen LogP contribution in [-0.2, 0) is 19.2 Å². The Balaban J connectivity index is 2.22. The lowest BCUT2D eigenvalue weighted by molar-refractivity contribution is -0.139. The molecule has 4 amide bonds. The van der Waals surface area contributed by atoms with Crippen molar-refractivity contribution in [1.82, 2.24) is 10.2 Å². The van der Waals surface area contributed by atoms with Crippen LogP contribution >= 0.6 is 0 Å². The summed E-state index contributed by atoms with van der Waals surface area (Å²) >= 11 is 0. The molecule has 1 rings (SSSR count). The minimum absolute atomic E-state index is 0.0503. The zero-order chi connectivity index (χ0) is 17.6. The molecular weight excluding hydrogens is 298 g/mol. The number of nitrogens with zero attached hydrogens (tertiary/aromatic N) is 1. The van der Waals surface area contributed by atoms with Crippen LogP contribution in [0.4, 0.5) is 0 Å². The zero-order valence-corrected chi connectivity index (χ0v) is 14.1. The zero-order valence-electron chi connectivity index (χ0n) is 14.1. The second-order valence-corrected chi connectivity index (χ2v) is 6.49. The van der Waals surface area contributed by atoms with Crippen molar-refractivity contribution in [3.63, 3.8) is 0 Å². The van der Waals surface area contributed by atoms with E-state index >= 15 is 0 Å². The molecule has 0 saturated carbocycles. The molecule has 130 valence electrons. The number of likely N-dealkylation sites (tertiary alicyclic amines) is 1. The molecule has 0 spiro atoms. The Hall–Kier alpha value is -1.92. The summed E-state index contributed by atoms with van der Waals surface area (Å²) < 4.78 is 0. The number of rotatable bonds is 9. The Morgan fingerprint density at radius 2 is 1.91 bits per heavy atom. The molecule has 7 nitrogen and oxygen atoms in total. The molecule has 1 heterocycles. The van der Waals surface area contributed by atoms with Gasteiger partial charge in [-0.1, -0.05) is 27.2 Å². The molecule has 0 aliphatic carbocycles. The lowest BCUT2D eigenvalue weighted by Gasteiger charge is -2.19. The van der Waals surface area contributed by atoms with Gasteiger partial charge in [0.05, 0.1) is 0 Å². The lowest BCUT2D eigenvalue weighted by atomic mass is 10.0. The first kappa shape index (κ1) is 19.1. The van der Waals surface area contributed by atoms with Crippen LogP contribution in [0, 0.1) is 11.8 Å². The highest BCUT2D eigenvalue weighted by molar-refractivity contribution is 6.03. The highest BCUT2D eigenvalue weighted by atomic mass is 16.2. The van der Waals surface area contributed by atoms with Crippen molar-refractivity contribution >= 4 is 23.6 Å². The molecule has 0 bridgehead atoms. The molecule has 1 aliphatic rings. The van der Waals surface area contributed by atoms with Gasteiger partial charge in [0.15, 0.2) is 0 Å². The summed E-state index contributed by atoms with van der Waals surface area (Å²) in [5.74, 6) is -1.21. The molecule has 0 aromatic rings. The van der Waals surface area contributed by atoms with Gasteiger partial charge >= 0.3 is 0 Å². The van der Waals surface area contributed by atoms with Crippen LogP contribution in [0.2, 0.25) is 0 Å². The van der Waals surface area contributed by atoms with Gasteiger partial charge in [-0.2, -0.15) is 0 Å². The molecule has 23 heavy (non-hydrogen) atoms. The smallest absolute Gasteiger partial charge is 0.240 e. The number of carbonyl (C=O) groups is 4. The summed E-state index contributed by atoms with van der Waals surface area (Å²) in [6.45, 7) is 5.81. The first-order valence-electron chi connectivity index (χ1n) is 8.17. The van der Waals surface area contributed by atoms with Gasteiger partial charge in [0, 0.05) is 25.3 Å². The maximum absolute atomic E-state index is 11.8. The molecule has 2 unspecified atom stereocenters. The van der Waals surface area contributed by atoms with Crippen LogP contribution < -0.4 is 11.1 Å². The Labute approximate surface area is 137 Å². The number of carbonyl (C=O) groups excluding carboxylic acids is 4. The number of nitrogens with one attached hydrogen (secondary N) is 1. The number of primary amides is 1. The Morgan fingerprint density at radius 3 is 2.39 bits per heavy atom. The molecule has 2 atom stereocenters. The van der Waals surface area contributed by atoms with E-state index in [0.717, 1.165) is 6.42 Å². The summed E-state index contributed by atoms with van der Waals surface area (Å²) in [7, 11) is 0. The molecule has 1 fully saturated rings. The van der Waals surface area contributed by atoms with Crippen molar-refractivity contribution in [3.05, 3.63) is 0 Å². The molecule has 7 heteroatoms. The van der Waals surface area contributed by atoms with E-state index in [4.69, 9.17) is 5.73 Å². The monoisotopic (exact) mass is 325 g/mol. The van der Waals surface area contributed by atoms with Crippen molar-refractivity contribution in [3.8, 4) is 0 Å². The van der Waals surface area contributed by atoms with Gasteiger partial charge in [0.1, 0.15) is 6.04 Å². The predicted octanol–water partition coefficient (Wildman–Crippen LogP) is 0.568. The maximum Gasteiger partial charge on any atom is 0.240 e. The number of hydrogen-bond acceptors (Lipinski definition) is 4. The van der Waals surface area contributed by atoms with Gasteiger partial charge in [0.25, 0.3) is 0 Å². The van der Waals surface area contributed by atoms with E-state index in [1.807, 2.05) is 13.8 Å². The Bertz CT molecular complexity index is 476. The topological polar surface area (TPSA) is 110 Å². The first-order chi connectivity index (χ1) is 10.7. The van der Waals surface area contributed by atoms with Gasteiger partial charge < -0.3 is 11.1 Å². The summed E-state index contributed by atoms with van der Waals surface area (Å²) in [4.78, 5) is 47.7. The third kappa shape index (κ3) is 5.65. The average molecular weight is 325 g/mol. The Morgan fingerprint density at radius 1 is 1.26 bits per heavy atom. The molecule has 0 aromatic heterocycles. The molecule has 3 N–H and O–H groups in total. The van der Waals surface area contributed by atoms with E-state index in [1.54, 1.807) is 6.92 Å². The summed E-state index contributed by atoms with van der Waals surface area (Å²) in [6, 6.07) is -0.649. The van der Waals surface area contributed by atoms with Crippen LogP contribution in [0.5, 0.6) is 0 Å². The summed E-state index contributed by atoms with van der Waals surface area (Å²) in [5, 5.41) is 2.64. The second-order valence-electron chi connectivity index (χ2n) is 6.49. The summed E-state index contributed by atoms with van der Waals surface area (Å²) in [6.07, 6.45) is 2.66. The average Bonchev–Trinajstić information content (AvgIpc) is 2.69. The van der Waals surface area contributed by atoms with Gasteiger partial charge in [-0.15, -0.1) is 0 Å². The standard InChI is InChI=1S/C16H27N3O4/c1-10(2)14(15(17)22)18-12(20)7-5-4-6-8-19-13(21)9-11(3)16(19)23/h10-11,14H,4-9H2,1-3H3,(H2,17,22)(H,18,20). The van der Waals surface area contributed by atoms with Crippen molar-refractivity contribution in [1.29, 1.82) is 0 Å². The lowest BCUT2D eigenvalue weighted by Crippen LogP contribution is -2.47. The van der Waals surface area contributed by atoms with Gasteiger partial charge in [0.2, 0.25) is 23.6 Å². The molecular formula is C16H27N3O4. The van der Waals surface area contributed by atoms with Crippen molar-refractivity contribution in [2.24, 2.45) is 17.6 Å². The maximum atomic E-state index is 11.8. The van der Waals surface area contributed by atoms with E-state index in [1.165, 1.54) is 4.90 Å². The number of imide groups is 1. The number of unbranched alkanes of at least 4 members (excludes halogenated alkanes) is 2. The quantitative estimate of drug-likeness (QED) is 0.477. The minimum Gasteiger partial charge on any atom is -0.368 e. The van der Waals surface area contributed by atoms with Crippen molar-refractivity contribution < 1.29 is 19.2 Å². The van der Waals surface area contributed by atoms with E-state index < -0.39 is 11.9 Å². The molecule has 0 radical (unpaired) electrons. The van der Waals surface area contributed by atoms with Gasteiger partial charge in [-0.05, 0) is 18.8 Å². The number of hydrogen-bond donors (Lipinski definition) is 2. The minimum atomic E-state index is -0.649. The third-order valence-electron chi connectivity index (χ3n) is 4.04. The van der Waals surface area contributed by atoms with Crippen LogP contribution in [0.25, 0.3) is 0 Å². The molecule has 1 aliphatic heterocycles. The van der Waals surface area contributed by atoms with Gasteiger partial charge in [-0.25, -0.2) is 0 Å². The third-order valence-corrected chi connectivity index (χ3v) is 4.04. The highest BCUT2D eigenvalue weighted by Crippen LogP contribution is 2.19. The Kier molecular flexibility index (Phi) is 7.19. The molecule has 0 aromatic carbocycles. The van der Waals surface area contributed by atoms with Crippen LogP contribution in [-0.4, -0.2) is 41.1 Å². The van der Waals surface area contributed by atoms with Crippen LogP contribution in [0.1, 0.15) is 52.9 Å². The fourth-order valence-corrected chi connectivity index (χ4v) is 2.63. The van der Waals surface area contributed by atoms with E-state index in [9.17, 15) is 19.2 Å². The number of nitrogens with two attached hydrogens (primary N) is 1. The van der Waals surface area contributed by atoms with E-state index in [-0.39, 0.29) is 29.6 Å². The van der Waals surface area contributed by atoms with E-state index in [2.05, 4.69) is 5.32 Å². The normalized spacial score (nSPS) is 19.3. The van der Waals surface area contributed by atoms with E-state index in [0.29, 0.717) is 32.2 Å². The largest absolute Gasteiger partial charge is 0.368 e. The SMILES string of the molecule is CC1CC(=O)N(CCCCCC(=O)NC(C(N)=O)C(C)C)C1=O. The predicted molar refractivity (Wildman–Crippen MR) is 84.9 cm³/mol. The molecule has 1 saturated heterocycles. The fraction of sp³-hybridized carbons (Fsp3) is 0.750. The second kappa shape index (κ2) is 8.64. The summed E-state index contributed by atoms with van der Waals surface area (Å²) in [5.41, 5.74) is 5.25. The van der Waals surface area contributed by atoms with Crippen molar-refractivity contribution in [2.75, 3.05) is 6.54 Å². The first-order valence-corrected chi connectivity index (χ1v) is 8.17. The highest BCUT2D eigenvalue weighted by Gasteiger charge is 2.34.